The summed E-state index contributed by atoms with van der Waals surface area (Å²) in [5.41, 5.74) is 2.47. The summed E-state index contributed by atoms with van der Waals surface area (Å²) in [4.78, 5) is 12.2. The van der Waals surface area contributed by atoms with Crippen LogP contribution in [-0.4, -0.2) is 30.8 Å². The van der Waals surface area contributed by atoms with Gasteiger partial charge >= 0.3 is 0 Å². The summed E-state index contributed by atoms with van der Waals surface area (Å²) in [6.45, 7) is 3.79. The van der Waals surface area contributed by atoms with Crippen molar-refractivity contribution in [1.82, 2.24) is 15.5 Å². The van der Waals surface area contributed by atoms with E-state index in [0.29, 0.717) is 11.4 Å². The topological polar surface area (TPSA) is 104 Å². The van der Waals surface area contributed by atoms with E-state index in [-0.39, 0.29) is 11.9 Å². The van der Waals surface area contributed by atoms with Gasteiger partial charge in [0.05, 0.1) is 12.3 Å². The van der Waals surface area contributed by atoms with Crippen molar-refractivity contribution < 1.29 is 13.2 Å². The van der Waals surface area contributed by atoms with E-state index >= 15 is 0 Å². The highest BCUT2D eigenvalue weighted by Gasteiger charge is 2.15. The zero-order chi connectivity index (χ0) is 17.0. The highest BCUT2D eigenvalue weighted by atomic mass is 32.2. The molecule has 8 heteroatoms. The number of nitrogens with one attached hydrogen (secondary N) is 3. The first kappa shape index (κ1) is 17.0. The first-order valence-corrected chi connectivity index (χ1v) is 9.10. The van der Waals surface area contributed by atoms with Gasteiger partial charge in [0.25, 0.3) is 5.91 Å². The fourth-order valence-electron chi connectivity index (χ4n) is 2.10. The van der Waals surface area contributed by atoms with E-state index in [1.165, 1.54) is 0 Å². The molecular formula is C15H20N4O3S. The van der Waals surface area contributed by atoms with Gasteiger partial charge in [0.1, 0.15) is 5.69 Å². The van der Waals surface area contributed by atoms with Gasteiger partial charge in [0, 0.05) is 11.4 Å². The summed E-state index contributed by atoms with van der Waals surface area (Å²) in [5.74, 6) is -0.282. The van der Waals surface area contributed by atoms with E-state index in [1.807, 2.05) is 19.9 Å². The van der Waals surface area contributed by atoms with Gasteiger partial charge in [-0.15, -0.1) is 0 Å². The molecule has 0 aliphatic rings. The highest BCUT2D eigenvalue weighted by Crippen LogP contribution is 2.18. The Bertz CT molecular complexity index is 799. The van der Waals surface area contributed by atoms with Crippen molar-refractivity contribution in [1.29, 1.82) is 0 Å². The van der Waals surface area contributed by atoms with Crippen LogP contribution in [0.4, 0.5) is 5.69 Å². The minimum absolute atomic E-state index is 0.282. The molecule has 0 bridgehead atoms. The number of benzene rings is 1. The number of hydrogen-bond acceptors (Lipinski definition) is 4. The molecule has 3 N–H and O–H groups in total. The quantitative estimate of drug-likeness (QED) is 0.748. The van der Waals surface area contributed by atoms with Gasteiger partial charge in [-0.3, -0.25) is 14.6 Å². The van der Waals surface area contributed by atoms with Crippen LogP contribution in [0.1, 0.15) is 41.6 Å². The van der Waals surface area contributed by atoms with Crippen LogP contribution in [0.25, 0.3) is 0 Å². The SMILES string of the molecule is CCc1cc(C(=O)NC(C)c2cccc(NS(C)(=O)=O)c2)n[nH]1. The molecule has 1 unspecified atom stereocenters. The molecule has 0 fully saturated rings. The van der Waals surface area contributed by atoms with Gasteiger partial charge < -0.3 is 5.32 Å². The molecule has 0 radical (unpaired) electrons. The lowest BCUT2D eigenvalue weighted by molar-refractivity contribution is 0.0935. The number of hydrogen-bond donors (Lipinski definition) is 3. The van der Waals surface area contributed by atoms with Crippen LogP contribution >= 0.6 is 0 Å². The van der Waals surface area contributed by atoms with Crippen LogP contribution in [0.5, 0.6) is 0 Å². The monoisotopic (exact) mass is 336 g/mol. The maximum absolute atomic E-state index is 12.2. The standard InChI is InChI=1S/C15H20N4O3S/c1-4-12-9-14(18-17-12)15(20)16-10(2)11-6-5-7-13(8-11)19-23(3,21)22/h5-10,19H,4H2,1-3H3,(H,16,20)(H,17,18). The Hall–Kier alpha value is -2.35. The maximum Gasteiger partial charge on any atom is 0.272 e. The zero-order valence-corrected chi connectivity index (χ0v) is 14.1. The van der Waals surface area contributed by atoms with Gasteiger partial charge in [-0.05, 0) is 37.1 Å². The van der Waals surface area contributed by atoms with Crippen molar-refractivity contribution in [2.24, 2.45) is 0 Å². The number of rotatable bonds is 6. The fraction of sp³-hybridized carbons (Fsp3) is 0.333. The van der Waals surface area contributed by atoms with E-state index in [9.17, 15) is 13.2 Å². The first-order chi connectivity index (χ1) is 10.8. The number of nitrogens with zero attached hydrogens (tertiary/aromatic N) is 1. The number of amides is 1. The maximum atomic E-state index is 12.2. The van der Waals surface area contributed by atoms with Gasteiger partial charge in [-0.2, -0.15) is 5.10 Å². The minimum Gasteiger partial charge on any atom is -0.344 e. The molecule has 0 saturated heterocycles. The Morgan fingerprint density at radius 2 is 2.09 bits per heavy atom. The van der Waals surface area contributed by atoms with E-state index in [0.717, 1.165) is 23.9 Å². The highest BCUT2D eigenvalue weighted by molar-refractivity contribution is 7.92. The number of carbonyl (C=O) groups is 1. The van der Waals surface area contributed by atoms with Crippen LogP contribution in [-0.2, 0) is 16.4 Å². The number of aromatic nitrogens is 2. The van der Waals surface area contributed by atoms with E-state index in [4.69, 9.17) is 0 Å². The Morgan fingerprint density at radius 1 is 1.35 bits per heavy atom. The molecule has 2 aromatic rings. The Balaban J connectivity index is 2.09. The molecule has 0 aliphatic heterocycles. The molecule has 1 aromatic heterocycles. The molecule has 124 valence electrons. The second kappa shape index (κ2) is 6.82. The molecule has 1 atom stereocenters. The second-order valence-electron chi connectivity index (χ2n) is 5.33. The van der Waals surface area contributed by atoms with Crippen molar-refractivity contribution in [2.75, 3.05) is 11.0 Å². The number of aromatic amines is 1. The predicted molar refractivity (Wildman–Crippen MR) is 88.8 cm³/mol. The van der Waals surface area contributed by atoms with Crippen LogP contribution in [0.3, 0.4) is 0 Å². The summed E-state index contributed by atoms with van der Waals surface area (Å²) < 4.78 is 25.0. The predicted octanol–water partition coefficient (Wildman–Crippen LogP) is 1.83. The Kier molecular flexibility index (Phi) is 5.05. The molecule has 1 aromatic carbocycles. The molecule has 0 aliphatic carbocycles. The number of sulfonamides is 1. The smallest absolute Gasteiger partial charge is 0.272 e. The van der Waals surface area contributed by atoms with Crippen LogP contribution in [0.2, 0.25) is 0 Å². The van der Waals surface area contributed by atoms with Crippen molar-refractivity contribution in [3.05, 3.63) is 47.3 Å². The first-order valence-electron chi connectivity index (χ1n) is 7.21. The number of carbonyl (C=O) groups excluding carboxylic acids is 1. The Labute approximate surface area is 135 Å². The molecule has 7 nitrogen and oxygen atoms in total. The van der Waals surface area contributed by atoms with E-state index < -0.39 is 10.0 Å². The normalized spacial score (nSPS) is 12.7. The van der Waals surface area contributed by atoms with Crippen molar-refractivity contribution in [2.45, 2.75) is 26.3 Å². The lowest BCUT2D eigenvalue weighted by atomic mass is 10.1. The van der Waals surface area contributed by atoms with Gasteiger partial charge in [0.15, 0.2) is 0 Å². The van der Waals surface area contributed by atoms with Crippen molar-refractivity contribution in [3.63, 3.8) is 0 Å². The number of H-pyrrole nitrogens is 1. The summed E-state index contributed by atoms with van der Waals surface area (Å²) in [6.07, 6.45) is 1.86. The summed E-state index contributed by atoms with van der Waals surface area (Å²) in [6, 6.07) is 8.32. The molecule has 1 amide bonds. The van der Waals surface area contributed by atoms with Crippen LogP contribution in [0, 0.1) is 0 Å². The van der Waals surface area contributed by atoms with Crippen LogP contribution < -0.4 is 10.0 Å². The Morgan fingerprint density at radius 3 is 2.70 bits per heavy atom. The van der Waals surface area contributed by atoms with Crippen molar-refractivity contribution >= 4 is 21.6 Å². The average molecular weight is 336 g/mol. The lowest BCUT2D eigenvalue weighted by Gasteiger charge is -2.15. The number of anilines is 1. The molecule has 23 heavy (non-hydrogen) atoms. The molecular weight excluding hydrogens is 316 g/mol. The third kappa shape index (κ3) is 4.82. The van der Waals surface area contributed by atoms with E-state index in [1.54, 1.807) is 24.3 Å². The van der Waals surface area contributed by atoms with Crippen molar-refractivity contribution in [3.8, 4) is 0 Å². The third-order valence-electron chi connectivity index (χ3n) is 3.28. The largest absolute Gasteiger partial charge is 0.344 e. The third-order valence-corrected chi connectivity index (χ3v) is 3.89. The van der Waals surface area contributed by atoms with E-state index in [2.05, 4.69) is 20.2 Å². The molecule has 0 spiro atoms. The molecule has 2 rings (SSSR count). The summed E-state index contributed by atoms with van der Waals surface area (Å²) >= 11 is 0. The average Bonchev–Trinajstić information content (AvgIpc) is 2.94. The summed E-state index contributed by atoms with van der Waals surface area (Å²) in [7, 11) is -3.34. The lowest BCUT2D eigenvalue weighted by Crippen LogP contribution is -2.27. The number of aryl methyl sites for hydroxylation is 1. The molecule has 0 saturated carbocycles. The molecule has 1 heterocycles. The van der Waals surface area contributed by atoms with Gasteiger partial charge in [-0.25, -0.2) is 8.42 Å². The minimum atomic E-state index is -3.34. The van der Waals surface area contributed by atoms with Gasteiger partial charge in [0.2, 0.25) is 10.0 Å². The van der Waals surface area contributed by atoms with Crippen LogP contribution in [0.15, 0.2) is 30.3 Å². The summed E-state index contributed by atoms with van der Waals surface area (Å²) in [5, 5.41) is 9.61. The fourth-order valence-corrected chi connectivity index (χ4v) is 2.65. The second-order valence-corrected chi connectivity index (χ2v) is 7.08. The zero-order valence-electron chi connectivity index (χ0n) is 13.3. The van der Waals surface area contributed by atoms with Gasteiger partial charge in [-0.1, -0.05) is 19.1 Å².